The predicted molar refractivity (Wildman–Crippen MR) is 111 cm³/mol. The normalized spacial score (nSPS) is 10.6. The Labute approximate surface area is 174 Å². The number of phenols is 1. The fraction of sp³-hybridized carbons (Fsp3) is 0.381. The molecule has 0 heterocycles. The Balaban J connectivity index is 1.98. The van der Waals surface area contributed by atoms with E-state index >= 15 is 0 Å². The monoisotopic (exact) mass is 421 g/mol. The lowest BCUT2D eigenvalue weighted by Crippen LogP contribution is -2.07. The Hall–Kier alpha value is -2.80. The zero-order valence-corrected chi connectivity index (χ0v) is 17.4. The maximum atomic E-state index is 11.6. The minimum Gasteiger partial charge on any atom is -0.507 e. The third kappa shape index (κ3) is 5.60. The standard InChI is InChI=1S/C21H24ClNO6/c1-4-6-16-19(8-7-15(14(3)24)21(16)25)28-9-5-10-29-20-12-18(23(26)27)13(2)11-17(20)22/h7-8,11-12,25H,4-6,9-10H2,1-3H3. The molecule has 0 amide bonds. The first-order valence-corrected chi connectivity index (χ1v) is 9.70. The zero-order chi connectivity index (χ0) is 21.6. The molecule has 0 aliphatic heterocycles. The number of aromatic hydroxyl groups is 1. The molecule has 0 aliphatic rings. The van der Waals surface area contributed by atoms with E-state index in [0.29, 0.717) is 41.3 Å². The van der Waals surface area contributed by atoms with Crippen molar-refractivity contribution in [3.05, 3.63) is 56.1 Å². The lowest BCUT2D eigenvalue weighted by Gasteiger charge is -2.15. The van der Waals surface area contributed by atoms with Crippen molar-refractivity contribution in [3.63, 3.8) is 0 Å². The number of nitrogens with zero attached hydrogens (tertiary/aromatic N) is 1. The highest BCUT2D eigenvalue weighted by atomic mass is 35.5. The molecule has 0 atom stereocenters. The van der Waals surface area contributed by atoms with E-state index in [2.05, 4.69) is 0 Å². The molecule has 0 spiro atoms. The summed E-state index contributed by atoms with van der Waals surface area (Å²) in [5, 5.41) is 21.7. The van der Waals surface area contributed by atoms with Crippen LogP contribution < -0.4 is 9.47 Å². The molecule has 0 aliphatic carbocycles. The molecule has 2 aromatic carbocycles. The molecule has 2 rings (SSSR count). The van der Waals surface area contributed by atoms with Crippen molar-refractivity contribution in [1.82, 2.24) is 0 Å². The van der Waals surface area contributed by atoms with Crippen LogP contribution in [0.1, 0.15) is 48.2 Å². The van der Waals surface area contributed by atoms with Crippen molar-refractivity contribution in [2.75, 3.05) is 13.2 Å². The van der Waals surface area contributed by atoms with E-state index < -0.39 is 4.92 Å². The highest BCUT2D eigenvalue weighted by molar-refractivity contribution is 6.32. The van der Waals surface area contributed by atoms with E-state index in [9.17, 15) is 20.0 Å². The number of nitro groups is 1. The van der Waals surface area contributed by atoms with E-state index in [1.54, 1.807) is 19.1 Å². The average Bonchev–Trinajstić information content (AvgIpc) is 2.64. The van der Waals surface area contributed by atoms with Gasteiger partial charge in [-0.2, -0.15) is 0 Å². The minimum atomic E-state index is -0.478. The Morgan fingerprint density at radius 1 is 1.21 bits per heavy atom. The maximum absolute atomic E-state index is 11.6. The van der Waals surface area contributed by atoms with Gasteiger partial charge in [0.25, 0.3) is 5.69 Å². The second-order valence-corrected chi connectivity index (χ2v) is 7.03. The first-order valence-electron chi connectivity index (χ1n) is 9.32. The van der Waals surface area contributed by atoms with Crippen LogP contribution in [0.4, 0.5) is 5.69 Å². The number of hydrogen-bond donors (Lipinski definition) is 1. The number of aryl methyl sites for hydroxylation is 1. The van der Waals surface area contributed by atoms with Crippen LogP contribution >= 0.6 is 11.6 Å². The molecular formula is C21H24ClNO6. The van der Waals surface area contributed by atoms with Gasteiger partial charge in [0.1, 0.15) is 17.2 Å². The zero-order valence-electron chi connectivity index (χ0n) is 16.7. The van der Waals surface area contributed by atoms with Gasteiger partial charge in [-0.25, -0.2) is 0 Å². The van der Waals surface area contributed by atoms with Crippen molar-refractivity contribution in [2.45, 2.75) is 40.0 Å². The number of carbonyl (C=O) groups excluding carboxylic acids is 1. The molecule has 156 valence electrons. The molecule has 0 aromatic heterocycles. The van der Waals surface area contributed by atoms with E-state index in [1.165, 1.54) is 19.1 Å². The first-order chi connectivity index (χ1) is 13.8. The van der Waals surface area contributed by atoms with Crippen LogP contribution in [-0.4, -0.2) is 29.0 Å². The number of halogens is 1. The summed E-state index contributed by atoms with van der Waals surface area (Å²) in [5.41, 5.74) is 1.30. The molecule has 0 bridgehead atoms. The quantitative estimate of drug-likeness (QED) is 0.243. The number of rotatable bonds is 10. The smallest absolute Gasteiger partial charge is 0.276 e. The van der Waals surface area contributed by atoms with Gasteiger partial charge in [0, 0.05) is 17.5 Å². The van der Waals surface area contributed by atoms with Gasteiger partial charge in [-0.3, -0.25) is 14.9 Å². The Bertz CT molecular complexity index is 913. The average molecular weight is 422 g/mol. The molecule has 0 radical (unpaired) electrons. The third-order valence-electron chi connectivity index (χ3n) is 4.37. The van der Waals surface area contributed by atoms with Crippen molar-refractivity contribution in [1.29, 1.82) is 0 Å². The van der Waals surface area contributed by atoms with Gasteiger partial charge in [0.05, 0.1) is 34.8 Å². The van der Waals surface area contributed by atoms with E-state index in [0.717, 1.165) is 6.42 Å². The summed E-state index contributed by atoms with van der Waals surface area (Å²) in [4.78, 5) is 22.2. The van der Waals surface area contributed by atoms with Gasteiger partial charge in [-0.05, 0) is 38.5 Å². The lowest BCUT2D eigenvalue weighted by atomic mass is 10.0. The summed E-state index contributed by atoms with van der Waals surface area (Å²) in [6.45, 7) is 5.55. The number of phenolic OH excluding ortho intramolecular Hbond substituents is 1. The van der Waals surface area contributed by atoms with Gasteiger partial charge in [0.2, 0.25) is 0 Å². The summed E-state index contributed by atoms with van der Waals surface area (Å²) in [7, 11) is 0. The largest absolute Gasteiger partial charge is 0.507 e. The number of ketones is 1. The number of Topliss-reactive ketones (excluding diaryl/α,β-unsaturated/α-hetero) is 1. The fourth-order valence-electron chi connectivity index (χ4n) is 2.90. The summed E-state index contributed by atoms with van der Waals surface area (Å²) >= 11 is 6.09. The Morgan fingerprint density at radius 2 is 1.86 bits per heavy atom. The Kier molecular flexibility index (Phi) is 7.84. The molecule has 7 nitrogen and oxygen atoms in total. The minimum absolute atomic E-state index is 0.0353. The van der Waals surface area contributed by atoms with Crippen molar-refractivity contribution in [2.24, 2.45) is 0 Å². The van der Waals surface area contributed by atoms with Gasteiger partial charge in [-0.15, -0.1) is 0 Å². The summed E-state index contributed by atoms with van der Waals surface area (Å²) in [6, 6.07) is 6.05. The van der Waals surface area contributed by atoms with Crippen LogP contribution in [0.25, 0.3) is 0 Å². The molecule has 0 saturated heterocycles. The lowest BCUT2D eigenvalue weighted by molar-refractivity contribution is -0.385. The predicted octanol–water partition coefficient (Wildman–Crippen LogP) is 5.27. The second kappa shape index (κ2) is 10.1. The molecule has 1 N–H and O–H groups in total. The number of nitro benzene ring substituents is 1. The number of benzene rings is 2. The number of hydrogen-bond acceptors (Lipinski definition) is 6. The molecule has 29 heavy (non-hydrogen) atoms. The molecular weight excluding hydrogens is 398 g/mol. The molecule has 0 saturated carbocycles. The van der Waals surface area contributed by atoms with Crippen molar-refractivity contribution in [3.8, 4) is 17.2 Å². The van der Waals surface area contributed by atoms with Crippen LogP contribution in [0.15, 0.2) is 24.3 Å². The number of carbonyl (C=O) groups is 1. The van der Waals surface area contributed by atoms with Crippen molar-refractivity contribution >= 4 is 23.1 Å². The fourth-order valence-corrected chi connectivity index (χ4v) is 3.17. The molecule has 0 unspecified atom stereocenters. The van der Waals surface area contributed by atoms with Crippen LogP contribution in [0, 0.1) is 17.0 Å². The van der Waals surface area contributed by atoms with E-state index in [4.69, 9.17) is 21.1 Å². The van der Waals surface area contributed by atoms with E-state index in [-0.39, 0.29) is 35.1 Å². The molecule has 8 heteroatoms. The first kappa shape index (κ1) is 22.5. The highest BCUT2D eigenvalue weighted by Gasteiger charge is 2.17. The second-order valence-electron chi connectivity index (χ2n) is 6.62. The SMILES string of the molecule is CCCc1c(OCCCOc2cc([N+](=O)[O-])c(C)cc2Cl)ccc(C(C)=O)c1O. The van der Waals surface area contributed by atoms with Gasteiger partial charge < -0.3 is 14.6 Å². The summed E-state index contributed by atoms with van der Waals surface area (Å²) < 4.78 is 11.3. The maximum Gasteiger partial charge on any atom is 0.276 e. The van der Waals surface area contributed by atoms with Crippen LogP contribution in [-0.2, 0) is 6.42 Å². The third-order valence-corrected chi connectivity index (χ3v) is 4.67. The topological polar surface area (TPSA) is 98.9 Å². The molecule has 0 fully saturated rings. The summed E-state index contributed by atoms with van der Waals surface area (Å²) in [5.74, 6) is 0.535. The van der Waals surface area contributed by atoms with E-state index in [1.807, 2.05) is 6.92 Å². The van der Waals surface area contributed by atoms with Crippen LogP contribution in [0.3, 0.4) is 0 Å². The highest BCUT2D eigenvalue weighted by Crippen LogP contribution is 2.34. The summed E-state index contributed by atoms with van der Waals surface area (Å²) in [6.07, 6.45) is 1.87. The van der Waals surface area contributed by atoms with Crippen LogP contribution in [0.2, 0.25) is 5.02 Å². The number of ether oxygens (including phenoxy) is 2. The van der Waals surface area contributed by atoms with Gasteiger partial charge >= 0.3 is 0 Å². The van der Waals surface area contributed by atoms with Gasteiger partial charge in [0.15, 0.2) is 5.78 Å². The van der Waals surface area contributed by atoms with Crippen LogP contribution in [0.5, 0.6) is 17.2 Å². The Morgan fingerprint density at radius 3 is 2.45 bits per heavy atom. The van der Waals surface area contributed by atoms with Gasteiger partial charge in [-0.1, -0.05) is 24.9 Å². The molecule has 2 aromatic rings. The van der Waals surface area contributed by atoms with Crippen molar-refractivity contribution < 1.29 is 24.3 Å².